The van der Waals surface area contributed by atoms with Crippen molar-refractivity contribution in [3.8, 4) is 5.75 Å². The van der Waals surface area contributed by atoms with Crippen molar-refractivity contribution in [3.05, 3.63) is 77.4 Å². The molecular formula is C22H23NO2. The van der Waals surface area contributed by atoms with E-state index in [2.05, 4.69) is 29.6 Å². The molecule has 0 aliphatic heterocycles. The molecule has 25 heavy (non-hydrogen) atoms. The van der Waals surface area contributed by atoms with Gasteiger partial charge in [-0.15, -0.1) is 0 Å². The number of amides is 1. The fourth-order valence-electron chi connectivity index (χ4n) is 2.78. The van der Waals surface area contributed by atoms with E-state index in [4.69, 9.17) is 4.74 Å². The Balaban J connectivity index is 1.62. The average molecular weight is 333 g/mol. The van der Waals surface area contributed by atoms with E-state index in [1.807, 2.05) is 50.2 Å². The Labute approximate surface area is 148 Å². The maximum Gasteiger partial charge on any atom is 0.261 e. The minimum atomic E-state index is -0.541. The van der Waals surface area contributed by atoms with Crippen molar-refractivity contribution in [3.63, 3.8) is 0 Å². The van der Waals surface area contributed by atoms with Gasteiger partial charge < -0.3 is 10.1 Å². The molecule has 3 heteroatoms. The van der Waals surface area contributed by atoms with E-state index in [1.54, 1.807) is 6.92 Å². The van der Waals surface area contributed by atoms with E-state index in [9.17, 15) is 4.79 Å². The molecule has 3 aromatic carbocycles. The van der Waals surface area contributed by atoms with E-state index >= 15 is 0 Å². The van der Waals surface area contributed by atoms with Crippen molar-refractivity contribution in [1.82, 2.24) is 5.32 Å². The lowest BCUT2D eigenvalue weighted by Crippen LogP contribution is -2.36. The number of benzene rings is 3. The number of aryl methyl sites for hydroxylation is 1. The molecule has 0 saturated carbocycles. The number of carbonyl (C=O) groups is 1. The molecule has 0 aliphatic rings. The molecular weight excluding hydrogens is 310 g/mol. The summed E-state index contributed by atoms with van der Waals surface area (Å²) in [5, 5.41) is 5.33. The van der Waals surface area contributed by atoms with Gasteiger partial charge in [0.1, 0.15) is 5.75 Å². The Bertz CT molecular complexity index is 901. The maximum atomic E-state index is 12.3. The predicted octanol–water partition coefficient (Wildman–Crippen LogP) is 4.54. The first-order valence-electron chi connectivity index (χ1n) is 8.53. The van der Waals surface area contributed by atoms with Crippen LogP contribution in [-0.4, -0.2) is 12.0 Å². The van der Waals surface area contributed by atoms with Crippen molar-refractivity contribution >= 4 is 16.7 Å². The second kappa shape index (κ2) is 7.39. The average Bonchev–Trinajstić information content (AvgIpc) is 2.63. The van der Waals surface area contributed by atoms with Crippen LogP contribution in [0.3, 0.4) is 0 Å². The lowest BCUT2D eigenvalue weighted by atomic mass is 10.1. The standard InChI is InChI=1S/C22H23NO2/c1-15-7-6-10-21(16(15)2)25-17(3)22(24)23-14-18-11-12-19-8-4-5-9-20(19)13-18/h4-13,17H,14H2,1-3H3,(H,23,24)/t17-/m0/s1. The number of fused-ring (bicyclic) bond motifs is 1. The Morgan fingerprint density at radius 3 is 2.56 bits per heavy atom. The van der Waals surface area contributed by atoms with Crippen molar-refractivity contribution in [1.29, 1.82) is 0 Å². The zero-order valence-corrected chi connectivity index (χ0v) is 14.9. The van der Waals surface area contributed by atoms with E-state index in [0.29, 0.717) is 6.54 Å². The SMILES string of the molecule is Cc1cccc(O[C@@H](C)C(=O)NCc2ccc3ccccc3c2)c1C. The van der Waals surface area contributed by atoms with E-state index in [-0.39, 0.29) is 5.91 Å². The van der Waals surface area contributed by atoms with Gasteiger partial charge in [0.15, 0.2) is 6.10 Å². The highest BCUT2D eigenvalue weighted by atomic mass is 16.5. The molecule has 3 rings (SSSR count). The van der Waals surface area contributed by atoms with E-state index < -0.39 is 6.10 Å². The summed E-state index contributed by atoms with van der Waals surface area (Å²) in [6, 6.07) is 20.3. The van der Waals surface area contributed by atoms with E-state index in [1.165, 1.54) is 10.8 Å². The van der Waals surface area contributed by atoms with Gasteiger partial charge in [-0.1, -0.05) is 48.5 Å². The first kappa shape index (κ1) is 17.0. The van der Waals surface area contributed by atoms with Gasteiger partial charge in [-0.2, -0.15) is 0 Å². The first-order valence-corrected chi connectivity index (χ1v) is 8.53. The van der Waals surface area contributed by atoms with Crippen LogP contribution < -0.4 is 10.1 Å². The molecule has 128 valence electrons. The summed E-state index contributed by atoms with van der Waals surface area (Å²) in [5.41, 5.74) is 3.30. The lowest BCUT2D eigenvalue weighted by molar-refractivity contribution is -0.127. The molecule has 1 atom stereocenters. The molecule has 1 N–H and O–H groups in total. The number of carbonyl (C=O) groups excluding carboxylic acids is 1. The number of nitrogens with one attached hydrogen (secondary N) is 1. The zero-order chi connectivity index (χ0) is 17.8. The third kappa shape index (κ3) is 4.00. The summed E-state index contributed by atoms with van der Waals surface area (Å²) in [6.45, 7) is 6.30. The highest BCUT2D eigenvalue weighted by molar-refractivity contribution is 5.83. The van der Waals surface area contributed by atoms with Gasteiger partial charge in [0.25, 0.3) is 5.91 Å². The van der Waals surface area contributed by atoms with Crippen LogP contribution in [0.1, 0.15) is 23.6 Å². The molecule has 0 spiro atoms. The highest BCUT2D eigenvalue weighted by Crippen LogP contribution is 2.22. The van der Waals surface area contributed by atoms with Crippen LogP contribution in [0.4, 0.5) is 0 Å². The molecule has 0 aromatic heterocycles. The predicted molar refractivity (Wildman–Crippen MR) is 102 cm³/mol. The van der Waals surface area contributed by atoms with Crippen LogP contribution in [0.2, 0.25) is 0 Å². The second-order valence-corrected chi connectivity index (χ2v) is 6.36. The van der Waals surface area contributed by atoms with Crippen molar-refractivity contribution < 1.29 is 9.53 Å². The van der Waals surface area contributed by atoms with Crippen molar-refractivity contribution in [2.75, 3.05) is 0 Å². The summed E-state index contributed by atoms with van der Waals surface area (Å²) >= 11 is 0. The third-order valence-corrected chi connectivity index (χ3v) is 4.51. The molecule has 0 fully saturated rings. The van der Waals surface area contributed by atoms with Crippen molar-refractivity contribution in [2.24, 2.45) is 0 Å². The molecule has 1 amide bonds. The van der Waals surface area contributed by atoms with Crippen LogP contribution >= 0.6 is 0 Å². The molecule has 0 heterocycles. The number of hydrogen-bond acceptors (Lipinski definition) is 2. The molecule has 0 unspecified atom stereocenters. The van der Waals surface area contributed by atoms with E-state index in [0.717, 1.165) is 22.4 Å². The molecule has 3 nitrogen and oxygen atoms in total. The molecule has 3 aromatic rings. The van der Waals surface area contributed by atoms with Gasteiger partial charge in [0.05, 0.1) is 0 Å². The summed E-state index contributed by atoms with van der Waals surface area (Å²) in [5.74, 6) is 0.641. The normalized spacial score (nSPS) is 12.0. The highest BCUT2D eigenvalue weighted by Gasteiger charge is 2.15. The third-order valence-electron chi connectivity index (χ3n) is 4.51. The zero-order valence-electron chi connectivity index (χ0n) is 14.9. The number of ether oxygens (including phenoxy) is 1. The minimum absolute atomic E-state index is 0.117. The second-order valence-electron chi connectivity index (χ2n) is 6.36. The maximum absolute atomic E-state index is 12.3. The fraction of sp³-hybridized carbons (Fsp3) is 0.227. The van der Waals surface area contributed by atoms with Gasteiger partial charge in [0.2, 0.25) is 0 Å². The van der Waals surface area contributed by atoms with Gasteiger partial charge in [0, 0.05) is 6.54 Å². The minimum Gasteiger partial charge on any atom is -0.481 e. The topological polar surface area (TPSA) is 38.3 Å². The number of hydrogen-bond donors (Lipinski definition) is 1. The molecule has 0 aliphatic carbocycles. The summed E-state index contributed by atoms with van der Waals surface area (Å²) in [4.78, 5) is 12.3. The Morgan fingerprint density at radius 1 is 1.00 bits per heavy atom. The number of rotatable bonds is 5. The molecule has 0 bridgehead atoms. The fourth-order valence-corrected chi connectivity index (χ4v) is 2.78. The molecule has 0 radical (unpaired) electrons. The van der Waals surface area contributed by atoms with Gasteiger partial charge in [-0.25, -0.2) is 0 Å². The Kier molecular flexibility index (Phi) is 5.03. The summed E-state index contributed by atoms with van der Waals surface area (Å²) in [7, 11) is 0. The van der Waals surface area contributed by atoms with Crippen LogP contribution in [0.25, 0.3) is 10.8 Å². The Hall–Kier alpha value is -2.81. The lowest BCUT2D eigenvalue weighted by Gasteiger charge is -2.17. The quantitative estimate of drug-likeness (QED) is 0.744. The van der Waals surface area contributed by atoms with Crippen LogP contribution in [0, 0.1) is 13.8 Å². The first-order chi connectivity index (χ1) is 12.0. The van der Waals surface area contributed by atoms with Gasteiger partial charge in [-0.05, 0) is 60.4 Å². The Morgan fingerprint density at radius 2 is 1.76 bits per heavy atom. The monoisotopic (exact) mass is 333 g/mol. The summed E-state index contributed by atoms with van der Waals surface area (Å²) in [6.07, 6.45) is -0.541. The smallest absolute Gasteiger partial charge is 0.261 e. The van der Waals surface area contributed by atoms with Crippen LogP contribution in [0.15, 0.2) is 60.7 Å². The van der Waals surface area contributed by atoms with Crippen molar-refractivity contribution in [2.45, 2.75) is 33.4 Å². The van der Waals surface area contributed by atoms with Gasteiger partial charge >= 0.3 is 0 Å². The van der Waals surface area contributed by atoms with Gasteiger partial charge in [-0.3, -0.25) is 4.79 Å². The largest absolute Gasteiger partial charge is 0.481 e. The summed E-state index contributed by atoms with van der Waals surface area (Å²) < 4.78 is 5.83. The molecule has 0 saturated heterocycles. The van der Waals surface area contributed by atoms with Crippen LogP contribution in [0.5, 0.6) is 5.75 Å². The van der Waals surface area contributed by atoms with Crippen LogP contribution in [-0.2, 0) is 11.3 Å².